The van der Waals surface area contributed by atoms with Crippen molar-refractivity contribution in [3.8, 4) is 0 Å². The molecular weight excluding hydrogens is 395 g/mol. The van der Waals surface area contributed by atoms with Crippen molar-refractivity contribution in [1.29, 1.82) is 0 Å². The standard InChI is InChI=1S/C24H23FN4O2/c25-20-7-9-22(10-8-20)28-12-3-13-29(15-14-28)24(31)18-4-1-6-21(16-18)27-23(30)19-5-2-11-26-17-19/h1-2,4-11,16-17H,3,12-15H2,(H,27,30). The molecule has 6 nitrogen and oxygen atoms in total. The van der Waals surface area contributed by atoms with Crippen LogP contribution in [-0.2, 0) is 0 Å². The molecule has 158 valence electrons. The molecule has 7 heteroatoms. The summed E-state index contributed by atoms with van der Waals surface area (Å²) in [6.07, 6.45) is 3.92. The average molecular weight is 418 g/mol. The molecule has 1 fully saturated rings. The number of hydrogen-bond donors (Lipinski definition) is 1. The van der Waals surface area contributed by atoms with Gasteiger partial charge in [-0.3, -0.25) is 14.6 Å². The van der Waals surface area contributed by atoms with Crippen LogP contribution in [0.1, 0.15) is 27.1 Å². The summed E-state index contributed by atoms with van der Waals surface area (Å²) in [6, 6.07) is 16.8. The minimum atomic E-state index is -0.276. The highest BCUT2D eigenvalue weighted by Gasteiger charge is 2.21. The smallest absolute Gasteiger partial charge is 0.257 e. The summed E-state index contributed by atoms with van der Waals surface area (Å²) < 4.78 is 13.2. The first-order chi connectivity index (χ1) is 15.1. The van der Waals surface area contributed by atoms with Gasteiger partial charge in [0.15, 0.2) is 0 Å². The van der Waals surface area contributed by atoms with Gasteiger partial charge in [0, 0.05) is 55.5 Å². The van der Waals surface area contributed by atoms with E-state index in [1.807, 2.05) is 4.90 Å². The van der Waals surface area contributed by atoms with Crippen LogP contribution in [0.4, 0.5) is 15.8 Å². The van der Waals surface area contributed by atoms with Crippen LogP contribution >= 0.6 is 0 Å². The van der Waals surface area contributed by atoms with Crippen LogP contribution in [0, 0.1) is 5.82 Å². The monoisotopic (exact) mass is 418 g/mol. The third kappa shape index (κ3) is 5.06. The first kappa shape index (κ1) is 20.5. The van der Waals surface area contributed by atoms with Gasteiger partial charge in [-0.05, 0) is 61.0 Å². The number of carbonyl (C=O) groups is 2. The normalized spacial score (nSPS) is 14.1. The molecule has 1 aliphatic heterocycles. The fourth-order valence-corrected chi connectivity index (χ4v) is 3.64. The lowest BCUT2D eigenvalue weighted by molar-refractivity contribution is 0.0766. The topological polar surface area (TPSA) is 65.5 Å². The fraction of sp³-hybridized carbons (Fsp3) is 0.208. The molecule has 0 radical (unpaired) electrons. The van der Waals surface area contributed by atoms with Gasteiger partial charge in [0.1, 0.15) is 5.82 Å². The summed E-state index contributed by atoms with van der Waals surface area (Å²) in [7, 11) is 0. The highest BCUT2D eigenvalue weighted by molar-refractivity contribution is 6.04. The Hall–Kier alpha value is -3.74. The molecule has 3 aromatic rings. The number of halogens is 1. The Kier molecular flexibility index (Phi) is 6.21. The number of carbonyl (C=O) groups excluding carboxylic acids is 2. The number of amides is 2. The van der Waals surface area contributed by atoms with Crippen LogP contribution in [0.3, 0.4) is 0 Å². The van der Waals surface area contributed by atoms with Crippen LogP contribution in [0.25, 0.3) is 0 Å². The molecule has 1 aromatic heterocycles. The van der Waals surface area contributed by atoms with E-state index in [0.29, 0.717) is 36.4 Å². The van der Waals surface area contributed by atoms with Crippen molar-refractivity contribution >= 4 is 23.2 Å². The number of benzene rings is 2. The third-order valence-corrected chi connectivity index (χ3v) is 5.27. The van der Waals surface area contributed by atoms with E-state index in [2.05, 4.69) is 15.2 Å². The molecule has 0 unspecified atom stereocenters. The Morgan fingerprint density at radius 2 is 1.71 bits per heavy atom. The van der Waals surface area contributed by atoms with E-state index >= 15 is 0 Å². The quantitative estimate of drug-likeness (QED) is 0.700. The number of pyridine rings is 1. The van der Waals surface area contributed by atoms with Crippen molar-refractivity contribution in [2.75, 3.05) is 36.4 Å². The van der Waals surface area contributed by atoms with Gasteiger partial charge in [0.25, 0.3) is 11.8 Å². The molecule has 1 aliphatic rings. The van der Waals surface area contributed by atoms with Gasteiger partial charge in [-0.15, -0.1) is 0 Å². The van der Waals surface area contributed by atoms with Gasteiger partial charge in [-0.1, -0.05) is 6.07 Å². The molecule has 2 amide bonds. The van der Waals surface area contributed by atoms with Gasteiger partial charge < -0.3 is 15.1 Å². The van der Waals surface area contributed by atoms with Crippen molar-refractivity contribution < 1.29 is 14.0 Å². The van der Waals surface area contributed by atoms with Crippen LogP contribution in [-0.4, -0.2) is 47.9 Å². The van der Waals surface area contributed by atoms with E-state index in [-0.39, 0.29) is 17.6 Å². The lowest BCUT2D eigenvalue weighted by Gasteiger charge is -2.24. The maximum absolute atomic E-state index is 13.2. The number of anilines is 2. The lowest BCUT2D eigenvalue weighted by Crippen LogP contribution is -2.35. The average Bonchev–Trinajstić information content (AvgIpc) is 3.06. The van der Waals surface area contributed by atoms with Crippen molar-refractivity contribution in [3.05, 3.63) is 90.0 Å². The number of aromatic nitrogens is 1. The van der Waals surface area contributed by atoms with E-state index in [9.17, 15) is 14.0 Å². The molecule has 4 rings (SSSR count). The molecule has 1 saturated heterocycles. The molecule has 0 saturated carbocycles. The lowest BCUT2D eigenvalue weighted by atomic mass is 10.1. The SMILES string of the molecule is O=C(Nc1cccc(C(=O)N2CCCN(c3ccc(F)cc3)CC2)c1)c1cccnc1. The Bertz CT molecular complexity index is 1060. The Labute approximate surface area is 180 Å². The van der Waals surface area contributed by atoms with Crippen molar-refractivity contribution in [3.63, 3.8) is 0 Å². The van der Waals surface area contributed by atoms with E-state index in [0.717, 1.165) is 18.7 Å². The van der Waals surface area contributed by atoms with Crippen LogP contribution in [0.15, 0.2) is 73.1 Å². The summed E-state index contributed by atoms with van der Waals surface area (Å²) >= 11 is 0. The van der Waals surface area contributed by atoms with Gasteiger partial charge in [-0.25, -0.2) is 4.39 Å². The third-order valence-electron chi connectivity index (χ3n) is 5.27. The number of nitrogens with zero attached hydrogens (tertiary/aromatic N) is 3. The molecule has 0 atom stereocenters. The minimum Gasteiger partial charge on any atom is -0.370 e. The number of rotatable bonds is 4. The number of nitrogens with one attached hydrogen (secondary N) is 1. The largest absolute Gasteiger partial charge is 0.370 e. The zero-order valence-corrected chi connectivity index (χ0v) is 17.0. The summed E-state index contributed by atoms with van der Waals surface area (Å²) in [4.78, 5) is 33.4. The first-order valence-corrected chi connectivity index (χ1v) is 10.2. The van der Waals surface area contributed by atoms with E-state index in [4.69, 9.17) is 0 Å². The molecule has 0 bridgehead atoms. The molecule has 0 aliphatic carbocycles. The van der Waals surface area contributed by atoms with Crippen molar-refractivity contribution in [1.82, 2.24) is 9.88 Å². The Morgan fingerprint density at radius 1 is 0.903 bits per heavy atom. The Balaban J connectivity index is 1.41. The van der Waals surface area contributed by atoms with Crippen LogP contribution in [0.2, 0.25) is 0 Å². The number of hydrogen-bond acceptors (Lipinski definition) is 4. The van der Waals surface area contributed by atoms with Crippen LogP contribution < -0.4 is 10.2 Å². The van der Waals surface area contributed by atoms with E-state index in [1.54, 1.807) is 54.7 Å². The van der Waals surface area contributed by atoms with Gasteiger partial charge in [-0.2, -0.15) is 0 Å². The second kappa shape index (κ2) is 9.38. The highest BCUT2D eigenvalue weighted by atomic mass is 19.1. The minimum absolute atomic E-state index is 0.0709. The van der Waals surface area contributed by atoms with Gasteiger partial charge >= 0.3 is 0 Å². The molecule has 1 N–H and O–H groups in total. The van der Waals surface area contributed by atoms with Crippen LogP contribution in [0.5, 0.6) is 0 Å². The summed E-state index contributed by atoms with van der Waals surface area (Å²) in [5, 5.41) is 2.81. The van der Waals surface area contributed by atoms with Gasteiger partial charge in [0.05, 0.1) is 5.56 Å². The summed E-state index contributed by atoms with van der Waals surface area (Å²) in [5.74, 6) is -0.605. The maximum Gasteiger partial charge on any atom is 0.257 e. The second-order valence-corrected chi connectivity index (χ2v) is 7.39. The molecule has 2 heterocycles. The van der Waals surface area contributed by atoms with E-state index in [1.165, 1.54) is 18.3 Å². The predicted molar refractivity (Wildman–Crippen MR) is 118 cm³/mol. The summed E-state index contributed by atoms with van der Waals surface area (Å²) in [6.45, 7) is 2.69. The second-order valence-electron chi connectivity index (χ2n) is 7.39. The zero-order valence-electron chi connectivity index (χ0n) is 17.0. The zero-order chi connectivity index (χ0) is 21.6. The predicted octanol–water partition coefficient (Wildman–Crippen LogP) is 3.83. The first-order valence-electron chi connectivity index (χ1n) is 10.2. The van der Waals surface area contributed by atoms with Gasteiger partial charge in [0.2, 0.25) is 0 Å². The molecule has 2 aromatic carbocycles. The molecule has 31 heavy (non-hydrogen) atoms. The summed E-state index contributed by atoms with van der Waals surface area (Å²) in [5.41, 5.74) is 2.49. The van der Waals surface area contributed by atoms with Crippen molar-refractivity contribution in [2.45, 2.75) is 6.42 Å². The molecule has 0 spiro atoms. The highest BCUT2D eigenvalue weighted by Crippen LogP contribution is 2.19. The fourth-order valence-electron chi connectivity index (χ4n) is 3.64. The van der Waals surface area contributed by atoms with Crippen molar-refractivity contribution in [2.24, 2.45) is 0 Å². The van der Waals surface area contributed by atoms with E-state index < -0.39 is 0 Å². The maximum atomic E-state index is 13.2. The Morgan fingerprint density at radius 3 is 2.48 bits per heavy atom. The molecular formula is C24H23FN4O2.